The van der Waals surface area contributed by atoms with Crippen molar-refractivity contribution in [2.45, 2.75) is 13.5 Å². The summed E-state index contributed by atoms with van der Waals surface area (Å²) in [5, 5.41) is 0. The molecule has 0 saturated heterocycles. The molecule has 3 rings (SSSR count). The van der Waals surface area contributed by atoms with Gasteiger partial charge in [0.1, 0.15) is 11.3 Å². The molecule has 0 aliphatic heterocycles. The predicted octanol–water partition coefficient (Wildman–Crippen LogP) is 4.00. The lowest BCUT2D eigenvalue weighted by Gasteiger charge is -2.19. The van der Waals surface area contributed by atoms with Crippen LogP contribution in [0.1, 0.15) is 12.8 Å². The van der Waals surface area contributed by atoms with Gasteiger partial charge in [0.15, 0.2) is 12.2 Å². The number of amides is 1. The third kappa shape index (κ3) is 3.32. The molecule has 0 fully saturated rings. The minimum Gasteiger partial charge on any atom is -0.484 e. The molecule has 1 heterocycles. The Labute approximate surface area is 139 Å². The number of nitrogens with zero attached hydrogens (tertiary/aromatic N) is 2. The number of carbonyl (C=O) groups excluding carboxylic acids is 1. The summed E-state index contributed by atoms with van der Waals surface area (Å²) in [6, 6.07) is 14.8. The van der Waals surface area contributed by atoms with E-state index < -0.39 is 6.09 Å². The number of hydrogen-bond acceptors (Lipinski definition) is 5. The van der Waals surface area contributed by atoms with Gasteiger partial charge in [0.25, 0.3) is 0 Å². The number of benzene rings is 2. The first kappa shape index (κ1) is 15.9. The van der Waals surface area contributed by atoms with Crippen LogP contribution in [0.15, 0.2) is 52.9 Å². The molecule has 6 heteroatoms. The Bertz CT molecular complexity index is 793. The van der Waals surface area contributed by atoms with E-state index >= 15 is 0 Å². The SMILES string of the molecule is CCN(C(=O)OC)c1ccc(OCc2nc3ccccc3o2)cc1. The maximum Gasteiger partial charge on any atom is 0.413 e. The summed E-state index contributed by atoms with van der Waals surface area (Å²) >= 11 is 0. The van der Waals surface area contributed by atoms with Crippen molar-refractivity contribution in [3.63, 3.8) is 0 Å². The molecule has 6 nitrogen and oxygen atoms in total. The normalized spacial score (nSPS) is 10.6. The highest BCUT2D eigenvalue weighted by molar-refractivity contribution is 5.87. The summed E-state index contributed by atoms with van der Waals surface area (Å²) in [4.78, 5) is 17.6. The van der Waals surface area contributed by atoms with E-state index in [1.54, 1.807) is 12.1 Å². The number of ether oxygens (including phenoxy) is 2. The molecule has 1 amide bonds. The molecule has 0 N–H and O–H groups in total. The number of anilines is 1. The van der Waals surface area contributed by atoms with Crippen LogP contribution in [-0.2, 0) is 11.3 Å². The fourth-order valence-corrected chi connectivity index (χ4v) is 2.38. The van der Waals surface area contributed by atoms with Gasteiger partial charge in [0, 0.05) is 12.2 Å². The molecular formula is C18H18N2O4. The third-order valence-corrected chi connectivity index (χ3v) is 3.56. The van der Waals surface area contributed by atoms with Crippen molar-refractivity contribution in [3.05, 3.63) is 54.4 Å². The van der Waals surface area contributed by atoms with E-state index in [0.29, 0.717) is 18.2 Å². The second-order valence-electron chi connectivity index (χ2n) is 5.07. The van der Waals surface area contributed by atoms with E-state index in [9.17, 15) is 4.79 Å². The topological polar surface area (TPSA) is 64.8 Å². The van der Waals surface area contributed by atoms with E-state index in [1.807, 2.05) is 43.3 Å². The summed E-state index contributed by atoms with van der Waals surface area (Å²) in [7, 11) is 1.36. The molecule has 3 aromatic rings. The number of aromatic nitrogens is 1. The number of fused-ring (bicyclic) bond motifs is 1. The summed E-state index contributed by atoms with van der Waals surface area (Å²) < 4.78 is 16.1. The zero-order chi connectivity index (χ0) is 16.9. The third-order valence-electron chi connectivity index (χ3n) is 3.56. The zero-order valence-electron chi connectivity index (χ0n) is 13.6. The first-order valence-corrected chi connectivity index (χ1v) is 7.64. The highest BCUT2D eigenvalue weighted by Crippen LogP contribution is 2.21. The van der Waals surface area contributed by atoms with Crippen molar-refractivity contribution < 1.29 is 18.7 Å². The Morgan fingerprint density at radius 1 is 1.17 bits per heavy atom. The molecule has 2 aromatic carbocycles. The summed E-state index contributed by atoms with van der Waals surface area (Å²) in [6.45, 7) is 2.65. The van der Waals surface area contributed by atoms with Crippen molar-refractivity contribution in [2.24, 2.45) is 0 Å². The molecule has 0 unspecified atom stereocenters. The lowest BCUT2D eigenvalue weighted by atomic mass is 10.3. The average molecular weight is 326 g/mol. The van der Waals surface area contributed by atoms with Gasteiger partial charge in [-0.1, -0.05) is 12.1 Å². The van der Waals surface area contributed by atoms with Gasteiger partial charge in [-0.25, -0.2) is 9.78 Å². The van der Waals surface area contributed by atoms with Crippen LogP contribution in [-0.4, -0.2) is 24.7 Å². The number of carbonyl (C=O) groups is 1. The van der Waals surface area contributed by atoms with Gasteiger partial charge < -0.3 is 13.9 Å². The van der Waals surface area contributed by atoms with E-state index in [2.05, 4.69) is 4.98 Å². The molecule has 124 valence electrons. The highest BCUT2D eigenvalue weighted by Gasteiger charge is 2.13. The maximum atomic E-state index is 11.7. The minimum atomic E-state index is -0.391. The standard InChI is InChI=1S/C18H18N2O4/c1-3-20(18(21)22-2)13-8-10-14(11-9-13)23-12-17-19-15-6-4-5-7-16(15)24-17/h4-11H,3,12H2,1-2H3. The van der Waals surface area contributed by atoms with Crippen LogP contribution in [0.3, 0.4) is 0 Å². The van der Waals surface area contributed by atoms with Crippen molar-refractivity contribution >= 4 is 22.9 Å². The molecule has 0 saturated carbocycles. The largest absolute Gasteiger partial charge is 0.484 e. The van der Waals surface area contributed by atoms with Crippen LogP contribution < -0.4 is 9.64 Å². The van der Waals surface area contributed by atoms with Crippen LogP contribution in [0.2, 0.25) is 0 Å². The summed E-state index contributed by atoms with van der Waals surface area (Å²) in [5.41, 5.74) is 2.30. The summed E-state index contributed by atoms with van der Waals surface area (Å²) in [5.74, 6) is 1.19. The van der Waals surface area contributed by atoms with Gasteiger partial charge in [0.05, 0.1) is 7.11 Å². The van der Waals surface area contributed by atoms with Gasteiger partial charge in [-0.3, -0.25) is 4.90 Å². The van der Waals surface area contributed by atoms with Gasteiger partial charge in [-0.15, -0.1) is 0 Å². The van der Waals surface area contributed by atoms with Gasteiger partial charge in [0.2, 0.25) is 5.89 Å². The number of oxazole rings is 1. The van der Waals surface area contributed by atoms with Crippen molar-refractivity contribution in [1.29, 1.82) is 0 Å². The summed E-state index contributed by atoms with van der Waals surface area (Å²) in [6.07, 6.45) is -0.391. The van der Waals surface area contributed by atoms with E-state index in [-0.39, 0.29) is 6.61 Å². The first-order chi connectivity index (χ1) is 11.7. The molecule has 0 bridgehead atoms. The fourth-order valence-electron chi connectivity index (χ4n) is 2.38. The lowest BCUT2D eigenvalue weighted by molar-refractivity contribution is 0.179. The molecule has 0 aliphatic carbocycles. The smallest absolute Gasteiger partial charge is 0.413 e. The van der Waals surface area contributed by atoms with Crippen molar-refractivity contribution in [2.75, 3.05) is 18.6 Å². The molecule has 0 atom stereocenters. The second-order valence-corrected chi connectivity index (χ2v) is 5.07. The Kier molecular flexibility index (Phi) is 4.65. The van der Waals surface area contributed by atoms with Crippen LogP contribution in [0.25, 0.3) is 11.1 Å². The number of rotatable bonds is 5. The first-order valence-electron chi connectivity index (χ1n) is 7.64. The Morgan fingerprint density at radius 2 is 1.92 bits per heavy atom. The minimum absolute atomic E-state index is 0.239. The zero-order valence-corrected chi connectivity index (χ0v) is 13.6. The number of methoxy groups -OCH3 is 1. The molecule has 1 aromatic heterocycles. The van der Waals surface area contributed by atoms with Gasteiger partial charge >= 0.3 is 6.09 Å². The molecule has 24 heavy (non-hydrogen) atoms. The Morgan fingerprint density at radius 3 is 2.58 bits per heavy atom. The fraction of sp³-hybridized carbons (Fsp3) is 0.222. The molecule has 0 spiro atoms. The maximum absolute atomic E-state index is 11.7. The molecule has 0 aliphatic rings. The van der Waals surface area contributed by atoms with Crippen molar-refractivity contribution in [1.82, 2.24) is 4.98 Å². The van der Waals surface area contributed by atoms with Crippen LogP contribution >= 0.6 is 0 Å². The van der Waals surface area contributed by atoms with Crippen LogP contribution in [0, 0.1) is 0 Å². The number of hydrogen-bond donors (Lipinski definition) is 0. The van der Waals surface area contributed by atoms with E-state index in [0.717, 1.165) is 16.8 Å². The van der Waals surface area contributed by atoms with E-state index in [1.165, 1.54) is 12.0 Å². The second kappa shape index (κ2) is 7.04. The van der Waals surface area contributed by atoms with Crippen LogP contribution in [0.5, 0.6) is 5.75 Å². The Hall–Kier alpha value is -3.02. The quantitative estimate of drug-likeness (QED) is 0.709. The average Bonchev–Trinajstić information content (AvgIpc) is 3.04. The van der Waals surface area contributed by atoms with E-state index in [4.69, 9.17) is 13.9 Å². The van der Waals surface area contributed by atoms with Crippen LogP contribution in [0.4, 0.5) is 10.5 Å². The Balaban J connectivity index is 1.66. The molecular weight excluding hydrogens is 308 g/mol. The monoisotopic (exact) mass is 326 g/mol. The predicted molar refractivity (Wildman–Crippen MR) is 90.2 cm³/mol. The van der Waals surface area contributed by atoms with Gasteiger partial charge in [-0.2, -0.15) is 0 Å². The van der Waals surface area contributed by atoms with Gasteiger partial charge in [-0.05, 0) is 43.3 Å². The highest BCUT2D eigenvalue weighted by atomic mass is 16.5. The number of para-hydroxylation sites is 2. The molecule has 0 radical (unpaired) electrons. The lowest BCUT2D eigenvalue weighted by Crippen LogP contribution is -2.30. The van der Waals surface area contributed by atoms with Crippen molar-refractivity contribution in [3.8, 4) is 5.75 Å².